The number of hydrogen-bond donors (Lipinski definition) is 8. The monoisotopic (exact) mass is 737 g/mol. The lowest BCUT2D eigenvalue weighted by atomic mass is 9.85. The van der Waals surface area contributed by atoms with Crippen molar-refractivity contribution < 1.29 is 38.9 Å². The predicted molar refractivity (Wildman–Crippen MR) is 198 cm³/mol. The molecule has 15 nitrogen and oxygen atoms in total. The van der Waals surface area contributed by atoms with Crippen molar-refractivity contribution in [3.63, 3.8) is 0 Å². The topological polar surface area (TPSA) is 224 Å². The second kappa shape index (κ2) is 18.6. The van der Waals surface area contributed by atoms with Crippen LogP contribution in [0.5, 0.6) is 0 Å². The van der Waals surface area contributed by atoms with Crippen molar-refractivity contribution in [3.8, 4) is 11.1 Å². The zero-order valence-electron chi connectivity index (χ0n) is 31.1. The summed E-state index contributed by atoms with van der Waals surface area (Å²) >= 11 is 0. The number of ether oxygens (including phenoxy) is 1. The Morgan fingerprint density at radius 1 is 0.849 bits per heavy atom. The molecule has 1 unspecified atom stereocenters. The third-order valence-electron chi connectivity index (χ3n) is 9.41. The fourth-order valence-corrected chi connectivity index (χ4v) is 6.43. The van der Waals surface area contributed by atoms with Gasteiger partial charge in [-0.05, 0) is 28.0 Å². The minimum atomic E-state index is -1.29. The van der Waals surface area contributed by atoms with E-state index in [0.717, 1.165) is 11.1 Å². The van der Waals surface area contributed by atoms with Crippen LogP contribution in [0.2, 0.25) is 0 Å². The van der Waals surface area contributed by atoms with Gasteiger partial charge in [0.25, 0.3) is 0 Å². The van der Waals surface area contributed by atoms with Crippen molar-refractivity contribution >= 4 is 29.5 Å². The molecule has 2 aliphatic heterocycles. The van der Waals surface area contributed by atoms with Crippen LogP contribution in [-0.2, 0) is 35.1 Å². The molecule has 5 amide bonds. The average Bonchev–Trinajstić information content (AvgIpc) is 3.52. The molecule has 0 radical (unpaired) electrons. The van der Waals surface area contributed by atoms with Crippen LogP contribution in [0.25, 0.3) is 11.1 Å². The van der Waals surface area contributed by atoms with Crippen molar-refractivity contribution in [1.29, 1.82) is 0 Å². The molecule has 0 aliphatic carbocycles. The zero-order valence-corrected chi connectivity index (χ0v) is 31.1. The van der Waals surface area contributed by atoms with E-state index in [4.69, 9.17) is 10.5 Å². The Balaban J connectivity index is 1.69. The zero-order chi connectivity index (χ0) is 38.9. The Labute approximate surface area is 310 Å². The van der Waals surface area contributed by atoms with Crippen LogP contribution >= 0.6 is 0 Å². The van der Waals surface area contributed by atoms with Crippen LogP contribution in [0.15, 0.2) is 54.6 Å². The van der Waals surface area contributed by atoms with Gasteiger partial charge < -0.3 is 46.9 Å². The van der Waals surface area contributed by atoms with E-state index in [-0.39, 0.29) is 45.7 Å². The molecule has 0 aromatic heterocycles. The second-order valence-electron chi connectivity index (χ2n) is 15.1. The molecular weight excluding hydrogens is 682 g/mol. The highest BCUT2D eigenvalue weighted by atomic mass is 16.5. The number of nitrogens with one attached hydrogen (secondary N) is 5. The summed E-state index contributed by atoms with van der Waals surface area (Å²) in [6.07, 6.45) is -2.34. The summed E-state index contributed by atoms with van der Waals surface area (Å²) in [5.74, 6) is -3.48. The molecule has 53 heavy (non-hydrogen) atoms. The lowest BCUT2D eigenvalue weighted by molar-refractivity contribution is -0.144. The summed E-state index contributed by atoms with van der Waals surface area (Å²) in [7, 11) is 0. The standard InChI is InChI=1S/C38H55N7O8/c1-22(2)31-36(51)42-28(19-39)33(48)40-15-16-53-21-30(47)43-32(38(3,4)5)37(52)45-20-26(46)18-29(45)35(50)41-27(34(49)44-31)17-23-11-13-25(14-12-23)24-9-7-6-8-10-24/h6-14,22,26-32,43,46-47H,15-21,39H2,1-5H3,(H,40,48)(H,41,50)(H,42,51)(H,44,49)/t26-,27-,28-,29+,30?,31-,32-/m1/s1. The number of nitrogens with two attached hydrogens (primary N) is 1. The van der Waals surface area contributed by atoms with E-state index in [2.05, 4.69) is 26.6 Å². The van der Waals surface area contributed by atoms with E-state index in [9.17, 15) is 34.2 Å². The Bertz CT molecular complexity index is 1570. The molecule has 0 saturated carbocycles. The molecule has 9 N–H and O–H groups in total. The van der Waals surface area contributed by atoms with Crippen molar-refractivity contribution in [2.75, 3.05) is 32.8 Å². The highest BCUT2D eigenvalue weighted by Crippen LogP contribution is 2.27. The van der Waals surface area contributed by atoms with Gasteiger partial charge in [0.1, 0.15) is 30.4 Å². The highest BCUT2D eigenvalue weighted by Gasteiger charge is 2.45. The van der Waals surface area contributed by atoms with Gasteiger partial charge in [-0.2, -0.15) is 0 Å². The first-order valence-electron chi connectivity index (χ1n) is 18.1. The lowest BCUT2D eigenvalue weighted by Gasteiger charge is -2.37. The van der Waals surface area contributed by atoms with E-state index in [1.54, 1.807) is 34.6 Å². The van der Waals surface area contributed by atoms with Crippen LogP contribution in [-0.4, -0.2) is 120 Å². The third-order valence-corrected chi connectivity index (χ3v) is 9.41. The van der Waals surface area contributed by atoms with Crippen molar-refractivity contribution in [2.45, 2.75) is 90.0 Å². The van der Waals surface area contributed by atoms with Crippen molar-refractivity contribution in [1.82, 2.24) is 31.5 Å². The number of aliphatic hydroxyl groups excluding tert-OH is 2. The summed E-state index contributed by atoms with van der Waals surface area (Å²) < 4.78 is 5.53. The third kappa shape index (κ3) is 11.3. The Kier molecular flexibility index (Phi) is 14.5. The Morgan fingerprint density at radius 2 is 1.49 bits per heavy atom. The van der Waals surface area contributed by atoms with Crippen LogP contribution in [0.1, 0.15) is 46.6 Å². The lowest BCUT2D eigenvalue weighted by Crippen LogP contribution is -2.61. The number of nitrogens with zero attached hydrogens (tertiary/aromatic N) is 1. The fourth-order valence-electron chi connectivity index (χ4n) is 6.43. The molecule has 2 saturated heterocycles. The van der Waals surface area contributed by atoms with Crippen molar-refractivity contribution in [2.24, 2.45) is 17.1 Å². The first-order chi connectivity index (χ1) is 25.1. The second-order valence-corrected chi connectivity index (χ2v) is 15.1. The van der Waals surface area contributed by atoms with Gasteiger partial charge in [-0.25, -0.2) is 0 Å². The summed E-state index contributed by atoms with van der Waals surface area (Å²) in [4.78, 5) is 70.0. The smallest absolute Gasteiger partial charge is 0.243 e. The predicted octanol–water partition coefficient (Wildman–Crippen LogP) is -0.604. The number of amides is 5. The maximum atomic E-state index is 14.1. The molecule has 0 spiro atoms. The summed E-state index contributed by atoms with van der Waals surface area (Å²) in [5, 5.41) is 35.2. The minimum absolute atomic E-state index is 0.00542. The molecule has 2 heterocycles. The van der Waals surface area contributed by atoms with Gasteiger partial charge in [-0.3, -0.25) is 29.3 Å². The van der Waals surface area contributed by atoms with Gasteiger partial charge in [0.15, 0.2) is 0 Å². The van der Waals surface area contributed by atoms with Gasteiger partial charge in [0.2, 0.25) is 29.5 Å². The van der Waals surface area contributed by atoms with E-state index in [1.807, 2.05) is 54.6 Å². The first-order valence-corrected chi connectivity index (χ1v) is 18.1. The molecule has 0 bridgehead atoms. The van der Waals surface area contributed by atoms with E-state index in [0.29, 0.717) is 5.56 Å². The van der Waals surface area contributed by atoms with Gasteiger partial charge in [0, 0.05) is 32.5 Å². The van der Waals surface area contributed by atoms with Gasteiger partial charge in [-0.15, -0.1) is 0 Å². The molecule has 15 heteroatoms. The van der Waals surface area contributed by atoms with Gasteiger partial charge in [-0.1, -0.05) is 89.2 Å². The molecule has 2 aromatic carbocycles. The SMILES string of the molecule is CC(C)[C@H]1NC(=O)[C@@H](Cc2ccc(-c3ccccc3)cc2)NC(=O)[C@@H]2C[C@@H](O)CN2C(=O)[C@H](C(C)(C)C)NC(O)COCCNC(=O)[C@@H](CN)NC1=O. The molecule has 2 aromatic rings. The van der Waals surface area contributed by atoms with E-state index in [1.165, 1.54) is 4.90 Å². The summed E-state index contributed by atoms with van der Waals surface area (Å²) in [5.41, 5.74) is 7.78. The molecular formula is C38H55N7O8. The number of carbonyl (C=O) groups excluding carboxylic acids is 5. The normalized spacial score (nSPS) is 27.6. The number of rotatable bonds is 5. The summed E-state index contributed by atoms with van der Waals surface area (Å²) in [6, 6.07) is 11.7. The Hall–Kier alpha value is -4.41. The fraction of sp³-hybridized carbons (Fsp3) is 0.553. The number of benzene rings is 2. The maximum absolute atomic E-state index is 14.1. The molecule has 2 aliphatic rings. The van der Waals surface area contributed by atoms with Crippen LogP contribution < -0.4 is 32.3 Å². The van der Waals surface area contributed by atoms with Gasteiger partial charge in [0.05, 0.1) is 25.4 Å². The summed E-state index contributed by atoms with van der Waals surface area (Å²) in [6.45, 7) is 8.33. The average molecular weight is 738 g/mol. The number of aliphatic hydroxyl groups is 2. The largest absolute Gasteiger partial charge is 0.391 e. The van der Waals surface area contributed by atoms with Crippen LogP contribution in [0, 0.1) is 11.3 Å². The van der Waals surface area contributed by atoms with Crippen LogP contribution in [0.4, 0.5) is 0 Å². The molecule has 290 valence electrons. The minimum Gasteiger partial charge on any atom is -0.391 e. The maximum Gasteiger partial charge on any atom is 0.243 e. The number of carbonyl (C=O) groups is 5. The first kappa shape index (κ1) is 41.3. The van der Waals surface area contributed by atoms with Gasteiger partial charge >= 0.3 is 0 Å². The number of hydrogen-bond acceptors (Lipinski definition) is 10. The quantitative estimate of drug-likeness (QED) is 0.195. The van der Waals surface area contributed by atoms with E-state index >= 15 is 0 Å². The molecule has 4 rings (SSSR count). The van der Waals surface area contributed by atoms with Crippen molar-refractivity contribution in [3.05, 3.63) is 60.2 Å². The highest BCUT2D eigenvalue weighted by molar-refractivity contribution is 5.96. The molecule has 2 fully saturated rings. The van der Waals surface area contributed by atoms with Crippen LogP contribution in [0.3, 0.4) is 0 Å². The Morgan fingerprint density at radius 3 is 2.11 bits per heavy atom. The number of fused-ring (bicyclic) bond motifs is 1. The van der Waals surface area contributed by atoms with E-state index < -0.39 is 83.4 Å². The molecule has 7 atom stereocenters.